The maximum atomic E-state index is 12.6. The molecule has 0 bridgehead atoms. The van der Waals surface area contributed by atoms with E-state index in [2.05, 4.69) is 4.98 Å². The van der Waals surface area contributed by atoms with Crippen molar-refractivity contribution in [3.05, 3.63) is 29.6 Å². The fourth-order valence-corrected chi connectivity index (χ4v) is 3.46. The third-order valence-electron chi connectivity index (χ3n) is 4.94. The van der Waals surface area contributed by atoms with Crippen molar-refractivity contribution in [2.24, 2.45) is 0 Å². The highest BCUT2D eigenvalue weighted by Gasteiger charge is 2.44. The number of carbonyl (C=O) groups excluding carboxylic acids is 1. The van der Waals surface area contributed by atoms with Gasteiger partial charge >= 0.3 is 0 Å². The number of amides is 1. The van der Waals surface area contributed by atoms with Crippen LogP contribution in [0.2, 0.25) is 0 Å². The third-order valence-corrected chi connectivity index (χ3v) is 4.94. The maximum Gasteiger partial charge on any atom is 0.253 e. The van der Waals surface area contributed by atoms with Crippen LogP contribution in [0.15, 0.2) is 18.3 Å². The van der Waals surface area contributed by atoms with Crippen molar-refractivity contribution in [3.63, 3.8) is 0 Å². The van der Waals surface area contributed by atoms with E-state index in [-0.39, 0.29) is 5.91 Å². The Balaban J connectivity index is 1.66. The number of likely N-dealkylation sites (tertiary alicyclic amines) is 1. The average Bonchev–Trinajstić information content (AvgIpc) is 2.58. The van der Waals surface area contributed by atoms with E-state index in [1.165, 1.54) is 0 Å². The van der Waals surface area contributed by atoms with Crippen molar-refractivity contribution >= 4 is 5.91 Å². The van der Waals surface area contributed by atoms with Crippen molar-refractivity contribution in [2.45, 2.75) is 50.7 Å². The van der Waals surface area contributed by atoms with Crippen molar-refractivity contribution in [1.82, 2.24) is 9.88 Å². The summed E-state index contributed by atoms with van der Waals surface area (Å²) in [5.41, 5.74) is 1.21. The second-order valence-corrected chi connectivity index (χ2v) is 6.25. The predicted octanol–water partition coefficient (Wildman–Crippen LogP) is 1.79. The molecule has 0 unspecified atom stereocenters. The first-order valence-corrected chi connectivity index (χ1v) is 8.21. The number of piperidine rings is 1. The van der Waals surface area contributed by atoms with Crippen LogP contribution in [0.1, 0.15) is 48.7 Å². The van der Waals surface area contributed by atoms with Gasteiger partial charge in [0, 0.05) is 37.2 Å². The van der Waals surface area contributed by atoms with Gasteiger partial charge in [0.15, 0.2) is 0 Å². The lowest BCUT2D eigenvalue weighted by Crippen LogP contribution is -2.56. The Morgan fingerprint density at radius 1 is 1.50 bits per heavy atom. The second-order valence-electron chi connectivity index (χ2n) is 6.25. The molecule has 1 atom stereocenters. The standard InChI is InChI=1S/C17H24N2O3/c1-2-14-12-13(5-8-18-14)16(21)19-9-6-17(7-10-19)15(20)4-3-11-22-17/h5,8,12,15,20H,2-4,6-7,9-11H2,1H3/t15-/m0/s1. The first kappa shape index (κ1) is 15.4. The number of carbonyl (C=O) groups is 1. The number of nitrogens with zero attached hydrogens (tertiary/aromatic N) is 2. The van der Waals surface area contributed by atoms with E-state index in [9.17, 15) is 9.90 Å². The lowest BCUT2D eigenvalue weighted by molar-refractivity contribution is -0.174. The van der Waals surface area contributed by atoms with Crippen molar-refractivity contribution in [3.8, 4) is 0 Å². The van der Waals surface area contributed by atoms with Gasteiger partial charge in [0.05, 0.1) is 11.7 Å². The van der Waals surface area contributed by atoms with Crippen molar-refractivity contribution in [2.75, 3.05) is 19.7 Å². The molecule has 1 amide bonds. The van der Waals surface area contributed by atoms with Crippen LogP contribution in [0.4, 0.5) is 0 Å². The Hall–Kier alpha value is -1.46. The normalized spacial score (nSPS) is 24.5. The van der Waals surface area contributed by atoms with Crippen LogP contribution in [0, 0.1) is 0 Å². The van der Waals surface area contributed by atoms with Gasteiger partial charge in [-0.2, -0.15) is 0 Å². The number of rotatable bonds is 2. The molecule has 3 rings (SSSR count). The number of ether oxygens (including phenoxy) is 1. The predicted molar refractivity (Wildman–Crippen MR) is 82.7 cm³/mol. The molecule has 0 radical (unpaired) electrons. The van der Waals surface area contributed by atoms with Crippen LogP contribution in [0.5, 0.6) is 0 Å². The van der Waals surface area contributed by atoms with Gasteiger partial charge in [0.1, 0.15) is 0 Å². The van der Waals surface area contributed by atoms with E-state index >= 15 is 0 Å². The minimum atomic E-state index is -0.429. The van der Waals surface area contributed by atoms with E-state index in [1.807, 2.05) is 17.9 Å². The zero-order valence-corrected chi connectivity index (χ0v) is 13.1. The molecule has 1 aromatic rings. The summed E-state index contributed by atoms with van der Waals surface area (Å²) in [4.78, 5) is 18.7. The maximum absolute atomic E-state index is 12.6. The van der Waals surface area contributed by atoms with Crippen LogP contribution in [0.3, 0.4) is 0 Å². The molecule has 1 spiro atoms. The smallest absolute Gasteiger partial charge is 0.253 e. The van der Waals surface area contributed by atoms with Crippen LogP contribution in [0.25, 0.3) is 0 Å². The third kappa shape index (κ3) is 2.88. The van der Waals surface area contributed by atoms with Crippen LogP contribution >= 0.6 is 0 Å². The molecule has 0 saturated carbocycles. The fourth-order valence-electron chi connectivity index (χ4n) is 3.46. The van der Waals surface area contributed by atoms with Gasteiger partial charge in [-0.15, -0.1) is 0 Å². The van der Waals surface area contributed by atoms with E-state index in [4.69, 9.17) is 4.74 Å². The number of hydrogen-bond acceptors (Lipinski definition) is 4. The minimum absolute atomic E-state index is 0.0530. The lowest BCUT2D eigenvalue weighted by Gasteiger charge is -2.46. The zero-order chi connectivity index (χ0) is 15.6. The number of hydrogen-bond donors (Lipinski definition) is 1. The highest BCUT2D eigenvalue weighted by atomic mass is 16.5. The molecule has 2 aliphatic rings. The summed E-state index contributed by atoms with van der Waals surface area (Å²) in [5.74, 6) is 0.0530. The molecule has 120 valence electrons. The largest absolute Gasteiger partial charge is 0.390 e. The molecule has 1 aromatic heterocycles. The van der Waals surface area contributed by atoms with Crippen LogP contribution in [-0.2, 0) is 11.2 Å². The summed E-state index contributed by atoms with van der Waals surface area (Å²) >= 11 is 0. The van der Waals surface area contributed by atoms with Gasteiger partial charge < -0.3 is 14.7 Å². The minimum Gasteiger partial charge on any atom is -0.390 e. The summed E-state index contributed by atoms with van der Waals surface area (Å²) in [6.07, 6.45) is 5.28. The van der Waals surface area contributed by atoms with Crippen molar-refractivity contribution < 1.29 is 14.6 Å². The highest BCUT2D eigenvalue weighted by molar-refractivity contribution is 5.94. The highest BCUT2D eigenvalue weighted by Crippen LogP contribution is 2.35. The SMILES string of the molecule is CCc1cc(C(=O)N2CCC3(CC2)OCCC[C@@H]3O)ccn1. The Labute approximate surface area is 131 Å². The number of aliphatic hydroxyl groups is 1. The number of aryl methyl sites for hydroxylation is 1. The fraction of sp³-hybridized carbons (Fsp3) is 0.647. The average molecular weight is 304 g/mol. The van der Waals surface area contributed by atoms with Crippen molar-refractivity contribution in [1.29, 1.82) is 0 Å². The molecule has 1 N–H and O–H groups in total. The van der Waals surface area contributed by atoms with E-state index < -0.39 is 11.7 Å². The summed E-state index contributed by atoms with van der Waals surface area (Å²) in [7, 11) is 0. The van der Waals surface area contributed by atoms with Gasteiger partial charge in [0.25, 0.3) is 5.91 Å². The summed E-state index contributed by atoms with van der Waals surface area (Å²) in [5, 5.41) is 10.3. The number of aromatic nitrogens is 1. The second kappa shape index (κ2) is 6.34. The topological polar surface area (TPSA) is 62.7 Å². The first-order chi connectivity index (χ1) is 10.6. The molecule has 22 heavy (non-hydrogen) atoms. The monoisotopic (exact) mass is 304 g/mol. The number of aliphatic hydroxyl groups excluding tert-OH is 1. The molecule has 3 heterocycles. The molecule has 5 heteroatoms. The van der Waals surface area contributed by atoms with Crippen LogP contribution < -0.4 is 0 Å². The molecule has 2 saturated heterocycles. The number of pyridine rings is 1. The Bertz CT molecular complexity index is 538. The zero-order valence-electron chi connectivity index (χ0n) is 13.1. The molecular weight excluding hydrogens is 280 g/mol. The molecule has 2 aliphatic heterocycles. The molecule has 0 aromatic carbocycles. The molecule has 0 aliphatic carbocycles. The molecular formula is C17H24N2O3. The van der Waals surface area contributed by atoms with E-state index in [0.717, 1.165) is 31.6 Å². The Morgan fingerprint density at radius 3 is 2.95 bits per heavy atom. The quantitative estimate of drug-likeness (QED) is 0.905. The summed E-state index contributed by atoms with van der Waals surface area (Å²) < 4.78 is 5.89. The first-order valence-electron chi connectivity index (χ1n) is 8.21. The van der Waals surface area contributed by atoms with Crippen LogP contribution in [-0.4, -0.2) is 52.3 Å². The van der Waals surface area contributed by atoms with Gasteiger partial charge in [-0.05, 0) is 44.2 Å². The van der Waals surface area contributed by atoms with Gasteiger partial charge in [0.2, 0.25) is 0 Å². The summed E-state index contributed by atoms with van der Waals surface area (Å²) in [6, 6.07) is 3.65. The Morgan fingerprint density at radius 2 is 2.27 bits per heavy atom. The van der Waals surface area contributed by atoms with E-state index in [1.54, 1.807) is 12.3 Å². The molecule has 2 fully saturated rings. The summed E-state index contributed by atoms with van der Waals surface area (Å²) in [6.45, 7) is 4.03. The molecule has 5 nitrogen and oxygen atoms in total. The Kier molecular flexibility index (Phi) is 4.45. The lowest BCUT2D eigenvalue weighted by atomic mass is 9.82. The van der Waals surface area contributed by atoms with Gasteiger partial charge in [-0.1, -0.05) is 6.92 Å². The van der Waals surface area contributed by atoms with Gasteiger partial charge in [-0.3, -0.25) is 9.78 Å². The van der Waals surface area contributed by atoms with Gasteiger partial charge in [-0.25, -0.2) is 0 Å². The van der Waals surface area contributed by atoms with E-state index in [0.29, 0.717) is 31.5 Å².